The Morgan fingerprint density at radius 3 is 2.29 bits per heavy atom. The summed E-state index contributed by atoms with van der Waals surface area (Å²) in [4.78, 5) is 2.86. The van der Waals surface area contributed by atoms with Crippen molar-refractivity contribution in [2.45, 2.75) is 63.3 Å². The molecular weight excluding hydrogens is 292 g/mol. The quantitative estimate of drug-likeness (QED) is 0.881. The van der Waals surface area contributed by atoms with Crippen molar-refractivity contribution in [1.82, 2.24) is 10.2 Å². The molecule has 0 bridgehead atoms. The summed E-state index contributed by atoms with van der Waals surface area (Å²) in [6.45, 7) is 5.15. The largest absolute Gasteiger partial charge is 0.317 e. The number of hydrogen-bond acceptors (Lipinski definition) is 2. The standard InChI is InChI=1S/C22H34N2/c1-2-8-18(9-3-1)22(19-12-14-23-15-13-19)20-10-4-5-11-21(20)24-16-6-7-17-24/h1-3,8-9,19-23H,4-7,10-17H2/t20-,21+,22-/m0/s1. The molecule has 1 aromatic rings. The predicted octanol–water partition coefficient (Wildman–Crippen LogP) is 4.42. The summed E-state index contributed by atoms with van der Waals surface area (Å²) >= 11 is 0. The van der Waals surface area contributed by atoms with Crippen molar-refractivity contribution >= 4 is 0 Å². The smallest absolute Gasteiger partial charge is 0.0129 e. The Kier molecular flexibility index (Phi) is 5.54. The van der Waals surface area contributed by atoms with Gasteiger partial charge >= 0.3 is 0 Å². The number of rotatable bonds is 4. The fourth-order valence-electron chi connectivity index (χ4n) is 5.83. The normalized spacial score (nSPS) is 31.2. The van der Waals surface area contributed by atoms with Gasteiger partial charge in [0.15, 0.2) is 0 Å². The first-order valence-corrected chi connectivity index (χ1v) is 10.4. The number of hydrogen-bond donors (Lipinski definition) is 1. The summed E-state index contributed by atoms with van der Waals surface area (Å²) in [5, 5.41) is 3.58. The van der Waals surface area contributed by atoms with Gasteiger partial charge in [-0.2, -0.15) is 0 Å². The molecule has 0 radical (unpaired) electrons. The highest BCUT2D eigenvalue weighted by Gasteiger charge is 2.40. The van der Waals surface area contributed by atoms with E-state index in [9.17, 15) is 0 Å². The van der Waals surface area contributed by atoms with Gasteiger partial charge in [-0.25, -0.2) is 0 Å². The van der Waals surface area contributed by atoms with Crippen molar-refractivity contribution in [3.05, 3.63) is 35.9 Å². The lowest BCUT2D eigenvalue weighted by Crippen LogP contribution is -2.45. The summed E-state index contributed by atoms with van der Waals surface area (Å²) in [6.07, 6.45) is 11.4. The minimum absolute atomic E-state index is 0.777. The number of nitrogens with zero attached hydrogens (tertiary/aromatic N) is 1. The van der Waals surface area contributed by atoms with Crippen LogP contribution in [0.25, 0.3) is 0 Å². The average Bonchev–Trinajstić information content (AvgIpc) is 3.19. The van der Waals surface area contributed by atoms with E-state index < -0.39 is 0 Å². The Hall–Kier alpha value is -0.860. The van der Waals surface area contributed by atoms with Gasteiger partial charge in [-0.05, 0) is 88.0 Å². The summed E-state index contributed by atoms with van der Waals surface area (Å²) in [6, 6.07) is 12.4. The zero-order valence-corrected chi connectivity index (χ0v) is 15.1. The molecule has 24 heavy (non-hydrogen) atoms. The molecule has 0 spiro atoms. The molecule has 1 aliphatic carbocycles. The van der Waals surface area contributed by atoms with Gasteiger partial charge in [0.05, 0.1) is 0 Å². The predicted molar refractivity (Wildman–Crippen MR) is 101 cm³/mol. The third-order valence-corrected chi connectivity index (χ3v) is 6.93. The number of piperidine rings is 1. The molecule has 4 rings (SSSR count). The van der Waals surface area contributed by atoms with Crippen LogP contribution in [0.5, 0.6) is 0 Å². The SMILES string of the molecule is c1ccc([C@@H](C2CCNCC2)[C@H]2CCCC[C@H]2N2CCCC2)cc1. The Bertz CT molecular complexity index is 488. The molecule has 1 saturated carbocycles. The van der Waals surface area contributed by atoms with Crippen LogP contribution in [0.15, 0.2) is 30.3 Å². The molecule has 3 aliphatic rings. The highest BCUT2D eigenvalue weighted by atomic mass is 15.2. The fraction of sp³-hybridized carbons (Fsp3) is 0.727. The van der Waals surface area contributed by atoms with Crippen molar-refractivity contribution in [1.29, 1.82) is 0 Å². The lowest BCUT2D eigenvalue weighted by molar-refractivity contribution is 0.0858. The molecule has 0 aromatic heterocycles. The van der Waals surface area contributed by atoms with Crippen LogP contribution >= 0.6 is 0 Å². The zero-order valence-electron chi connectivity index (χ0n) is 15.1. The van der Waals surface area contributed by atoms with E-state index in [1.165, 1.54) is 77.5 Å². The van der Waals surface area contributed by atoms with Crippen LogP contribution in [-0.4, -0.2) is 37.1 Å². The van der Waals surface area contributed by atoms with Crippen molar-refractivity contribution < 1.29 is 0 Å². The number of benzene rings is 1. The maximum atomic E-state index is 3.58. The topological polar surface area (TPSA) is 15.3 Å². The monoisotopic (exact) mass is 326 g/mol. The first-order chi connectivity index (χ1) is 11.9. The van der Waals surface area contributed by atoms with Crippen LogP contribution in [0.2, 0.25) is 0 Å². The molecule has 3 atom stereocenters. The molecule has 2 nitrogen and oxygen atoms in total. The Morgan fingerprint density at radius 2 is 1.54 bits per heavy atom. The highest BCUT2D eigenvalue weighted by Crippen LogP contribution is 2.45. The van der Waals surface area contributed by atoms with Crippen LogP contribution in [0.1, 0.15) is 62.8 Å². The first-order valence-electron chi connectivity index (χ1n) is 10.4. The van der Waals surface area contributed by atoms with E-state index in [-0.39, 0.29) is 0 Å². The van der Waals surface area contributed by atoms with Gasteiger partial charge in [-0.1, -0.05) is 43.2 Å². The van der Waals surface area contributed by atoms with E-state index in [0.29, 0.717) is 0 Å². The third kappa shape index (κ3) is 3.55. The molecular formula is C22H34N2. The molecule has 2 heteroatoms. The Balaban J connectivity index is 1.62. The van der Waals surface area contributed by atoms with Gasteiger partial charge in [0, 0.05) is 6.04 Å². The lowest BCUT2D eigenvalue weighted by atomic mass is 9.66. The van der Waals surface area contributed by atoms with E-state index in [1.54, 1.807) is 5.56 Å². The van der Waals surface area contributed by atoms with Crippen molar-refractivity contribution in [2.24, 2.45) is 11.8 Å². The second-order valence-corrected chi connectivity index (χ2v) is 8.28. The van der Waals surface area contributed by atoms with E-state index in [4.69, 9.17) is 0 Å². The maximum Gasteiger partial charge on any atom is 0.0129 e. The van der Waals surface area contributed by atoms with Gasteiger partial charge in [0.1, 0.15) is 0 Å². The number of likely N-dealkylation sites (tertiary alicyclic amines) is 1. The van der Waals surface area contributed by atoms with Crippen molar-refractivity contribution in [3.63, 3.8) is 0 Å². The van der Waals surface area contributed by atoms with Crippen LogP contribution in [-0.2, 0) is 0 Å². The minimum Gasteiger partial charge on any atom is -0.317 e. The van der Waals surface area contributed by atoms with E-state index >= 15 is 0 Å². The molecule has 2 saturated heterocycles. The molecule has 132 valence electrons. The molecule has 3 fully saturated rings. The van der Waals surface area contributed by atoms with Gasteiger partial charge in [0.2, 0.25) is 0 Å². The molecule has 0 unspecified atom stereocenters. The molecule has 2 aliphatic heterocycles. The van der Waals surface area contributed by atoms with Gasteiger partial charge in [0.25, 0.3) is 0 Å². The van der Waals surface area contributed by atoms with Gasteiger partial charge in [-0.15, -0.1) is 0 Å². The molecule has 1 aromatic carbocycles. The van der Waals surface area contributed by atoms with Crippen molar-refractivity contribution in [3.8, 4) is 0 Å². The van der Waals surface area contributed by atoms with Crippen LogP contribution in [0, 0.1) is 11.8 Å². The first kappa shape index (κ1) is 16.6. The Labute approximate surface area is 148 Å². The zero-order chi connectivity index (χ0) is 16.2. The van der Waals surface area contributed by atoms with E-state index in [2.05, 4.69) is 40.5 Å². The minimum atomic E-state index is 0.777. The van der Waals surface area contributed by atoms with Gasteiger partial charge < -0.3 is 10.2 Å². The Morgan fingerprint density at radius 1 is 0.833 bits per heavy atom. The summed E-state index contributed by atoms with van der Waals surface area (Å²) in [5.74, 6) is 2.53. The second kappa shape index (κ2) is 8.01. The van der Waals surface area contributed by atoms with E-state index in [0.717, 1.165) is 23.8 Å². The second-order valence-electron chi connectivity index (χ2n) is 8.28. The lowest BCUT2D eigenvalue weighted by Gasteiger charge is -2.45. The summed E-state index contributed by atoms with van der Waals surface area (Å²) in [5.41, 5.74) is 1.63. The molecule has 1 N–H and O–H groups in total. The van der Waals surface area contributed by atoms with Crippen LogP contribution in [0.4, 0.5) is 0 Å². The third-order valence-electron chi connectivity index (χ3n) is 6.93. The highest BCUT2D eigenvalue weighted by molar-refractivity contribution is 5.22. The van der Waals surface area contributed by atoms with Crippen LogP contribution in [0.3, 0.4) is 0 Å². The number of nitrogens with one attached hydrogen (secondary N) is 1. The summed E-state index contributed by atoms with van der Waals surface area (Å²) < 4.78 is 0. The molecule has 2 heterocycles. The van der Waals surface area contributed by atoms with Crippen molar-refractivity contribution in [2.75, 3.05) is 26.2 Å². The van der Waals surface area contributed by atoms with Gasteiger partial charge in [-0.3, -0.25) is 0 Å². The molecule has 0 amide bonds. The maximum absolute atomic E-state index is 3.58. The van der Waals surface area contributed by atoms with Crippen LogP contribution < -0.4 is 5.32 Å². The summed E-state index contributed by atoms with van der Waals surface area (Å²) in [7, 11) is 0. The van der Waals surface area contributed by atoms with E-state index in [1.807, 2.05) is 0 Å². The fourth-order valence-corrected chi connectivity index (χ4v) is 5.83. The average molecular weight is 327 g/mol.